The van der Waals surface area contributed by atoms with E-state index in [0.717, 1.165) is 14.4 Å². The van der Waals surface area contributed by atoms with Crippen LogP contribution in [0, 0.1) is 0 Å². The molecule has 2 nitrogen and oxygen atoms in total. The number of nitrogens with zero attached hydrogens (tertiary/aromatic N) is 1. The van der Waals surface area contributed by atoms with E-state index in [1.807, 2.05) is 12.1 Å². The number of rotatable bonds is 1. The van der Waals surface area contributed by atoms with E-state index in [0.29, 0.717) is 26.4 Å². The van der Waals surface area contributed by atoms with Crippen molar-refractivity contribution < 1.29 is 4.79 Å². The summed E-state index contributed by atoms with van der Waals surface area (Å²) in [6.45, 7) is 0. The third-order valence-electron chi connectivity index (χ3n) is 2.06. The molecule has 0 bridgehead atoms. The van der Waals surface area contributed by atoms with Gasteiger partial charge in [-0.05, 0) is 0 Å². The first kappa shape index (κ1) is 11.4. The standard InChI is InChI=1S/C10H8ClNOSe2/c11-7-1-3-8(4-2-7)12-9(13)5-6-15-10(12)14/h1-4H,5-6H2. The van der Waals surface area contributed by atoms with Crippen LogP contribution in [0.25, 0.3) is 0 Å². The number of carbonyl (C=O) groups excluding carboxylic acids is 1. The van der Waals surface area contributed by atoms with Gasteiger partial charge in [0.05, 0.1) is 0 Å². The number of carbonyl (C=O) groups is 1. The number of hydrogen-bond donors (Lipinski definition) is 0. The van der Waals surface area contributed by atoms with E-state index in [1.165, 1.54) is 0 Å². The first-order chi connectivity index (χ1) is 7.18. The molecule has 1 heterocycles. The van der Waals surface area contributed by atoms with Gasteiger partial charge in [-0.15, -0.1) is 0 Å². The van der Waals surface area contributed by atoms with E-state index < -0.39 is 0 Å². The Morgan fingerprint density at radius 3 is 2.60 bits per heavy atom. The molecule has 2 rings (SSSR count). The zero-order chi connectivity index (χ0) is 10.8. The monoisotopic (exact) mass is 353 g/mol. The molecule has 0 aromatic heterocycles. The van der Waals surface area contributed by atoms with Gasteiger partial charge in [-0.3, -0.25) is 0 Å². The Hall–Kier alpha value is -0.111. The van der Waals surface area contributed by atoms with Gasteiger partial charge >= 0.3 is 108 Å². The van der Waals surface area contributed by atoms with Crippen LogP contribution in [-0.4, -0.2) is 39.9 Å². The van der Waals surface area contributed by atoms with Gasteiger partial charge in [0.15, 0.2) is 0 Å². The number of amides is 1. The topological polar surface area (TPSA) is 20.3 Å². The summed E-state index contributed by atoms with van der Waals surface area (Å²) in [5, 5.41) is 1.69. The van der Waals surface area contributed by atoms with Gasteiger partial charge in [-0.1, -0.05) is 0 Å². The summed E-state index contributed by atoms with van der Waals surface area (Å²) in [7, 11) is 0. The molecule has 1 saturated heterocycles. The molecular formula is C10H8ClNOSe2. The van der Waals surface area contributed by atoms with Crippen molar-refractivity contribution in [1.82, 2.24) is 0 Å². The maximum absolute atomic E-state index is 11.8. The van der Waals surface area contributed by atoms with Gasteiger partial charge in [0.1, 0.15) is 0 Å². The maximum atomic E-state index is 11.8. The predicted molar refractivity (Wildman–Crippen MR) is 64.9 cm³/mol. The van der Waals surface area contributed by atoms with E-state index in [9.17, 15) is 4.79 Å². The average Bonchev–Trinajstić information content (AvgIpc) is 2.20. The van der Waals surface area contributed by atoms with Crippen LogP contribution in [0.4, 0.5) is 5.69 Å². The van der Waals surface area contributed by atoms with Crippen LogP contribution in [0.15, 0.2) is 24.3 Å². The molecule has 0 unspecified atom stereocenters. The van der Waals surface area contributed by atoms with E-state index in [-0.39, 0.29) is 5.91 Å². The number of halogens is 1. The summed E-state index contributed by atoms with van der Waals surface area (Å²) in [4.78, 5) is 13.5. The first-order valence-corrected chi connectivity index (χ1v) is 7.74. The Morgan fingerprint density at radius 1 is 1.33 bits per heavy atom. The summed E-state index contributed by atoms with van der Waals surface area (Å²) in [6.07, 6.45) is 0.647. The van der Waals surface area contributed by atoms with E-state index in [2.05, 4.69) is 15.6 Å². The molecular weight excluding hydrogens is 343 g/mol. The fourth-order valence-electron chi connectivity index (χ4n) is 1.34. The van der Waals surface area contributed by atoms with Crippen molar-refractivity contribution in [3.8, 4) is 0 Å². The minimum atomic E-state index is 0.166. The summed E-state index contributed by atoms with van der Waals surface area (Å²) in [6, 6.07) is 7.36. The fourth-order valence-corrected chi connectivity index (χ4v) is 4.47. The molecule has 1 aromatic rings. The van der Waals surface area contributed by atoms with Crippen molar-refractivity contribution in [2.75, 3.05) is 4.90 Å². The van der Waals surface area contributed by atoms with Gasteiger partial charge in [0.25, 0.3) is 0 Å². The Labute approximate surface area is 107 Å². The molecule has 0 N–H and O–H groups in total. The number of benzene rings is 1. The normalized spacial score (nSPS) is 17.0. The van der Waals surface area contributed by atoms with Crippen LogP contribution in [0.2, 0.25) is 10.3 Å². The van der Waals surface area contributed by atoms with Crippen LogP contribution in [0.3, 0.4) is 0 Å². The Balaban J connectivity index is 2.31. The third-order valence-corrected chi connectivity index (χ3v) is 5.74. The van der Waals surface area contributed by atoms with Crippen molar-refractivity contribution in [3.05, 3.63) is 29.3 Å². The second-order valence-corrected chi connectivity index (χ2v) is 7.90. The molecule has 5 heteroatoms. The second kappa shape index (κ2) is 4.82. The molecule has 78 valence electrons. The van der Waals surface area contributed by atoms with Crippen molar-refractivity contribution in [2.24, 2.45) is 0 Å². The number of anilines is 1. The Bertz CT molecular complexity index is 388. The molecule has 1 fully saturated rings. The second-order valence-electron chi connectivity index (χ2n) is 3.07. The summed E-state index contributed by atoms with van der Waals surface area (Å²) in [5.41, 5.74) is 0.903. The van der Waals surface area contributed by atoms with E-state index >= 15 is 0 Å². The van der Waals surface area contributed by atoms with Gasteiger partial charge in [-0.2, -0.15) is 0 Å². The molecule has 0 radical (unpaired) electrons. The SMILES string of the molecule is O=C1CC[Se]C(=[Se])N1c1ccc(Cl)cc1. The van der Waals surface area contributed by atoms with Crippen LogP contribution < -0.4 is 4.90 Å². The zero-order valence-corrected chi connectivity index (χ0v) is 12.0. The number of hydrogen-bond acceptors (Lipinski definition) is 1. The van der Waals surface area contributed by atoms with Crippen LogP contribution in [-0.2, 0) is 4.79 Å². The van der Waals surface area contributed by atoms with E-state index in [4.69, 9.17) is 11.6 Å². The van der Waals surface area contributed by atoms with Crippen LogP contribution >= 0.6 is 11.6 Å². The van der Waals surface area contributed by atoms with Gasteiger partial charge < -0.3 is 0 Å². The summed E-state index contributed by atoms with van der Waals surface area (Å²) < 4.78 is 1.06. The quantitative estimate of drug-likeness (QED) is 0.702. The van der Waals surface area contributed by atoms with Gasteiger partial charge in [-0.25, -0.2) is 0 Å². The van der Waals surface area contributed by atoms with E-state index in [1.54, 1.807) is 17.0 Å². The first-order valence-electron chi connectivity index (χ1n) is 4.44. The summed E-state index contributed by atoms with van der Waals surface area (Å²) in [5.74, 6) is 0.166. The molecule has 0 spiro atoms. The zero-order valence-electron chi connectivity index (χ0n) is 7.77. The molecule has 0 atom stereocenters. The van der Waals surface area contributed by atoms with Crippen molar-refractivity contribution >= 4 is 57.2 Å². The van der Waals surface area contributed by atoms with Gasteiger partial charge in [0, 0.05) is 0 Å². The molecule has 1 aliphatic rings. The fraction of sp³-hybridized carbons (Fsp3) is 0.200. The summed E-state index contributed by atoms with van der Waals surface area (Å²) >= 11 is 9.19. The van der Waals surface area contributed by atoms with Crippen molar-refractivity contribution in [2.45, 2.75) is 11.7 Å². The minimum absolute atomic E-state index is 0.166. The molecule has 1 aliphatic heterocycles. The molecule has 15 heavy (non-hydrogen) atoms. The van der Waals surface area contributed by atoms with Crippen molar-refractivity contribution in [3.63, 3.8) is 0 Å². The third kappa shape index (κ3) is 2.52. The average molecular weight is 352 g/mol. The Kier molecular flexibility index (Phi) is 3.65. The molecule has 1 aromatic carbocycles. The van der Waals surface area contributed by atoms with Crippen LogP contribution in [0.5, 0.6) is 0 Å². The Morgan fingerprint density at radius 2 is 2.00 bits per heavy atom. The molecule has 1 amide bonds. The van der Waals surface area contributed by atoms with Crippen molar-refractivity contribution in [1.29, 1.82) is 0 Å². The van der Waals surface area contributed by atoms with Crippen LogP contribution in [0.1, 0.15) is 6.42 Å². The predicted octanol–water partition coefficient (Wildman–Crippen LogP) is 1.46. The molecule has 0 saturated carbocycles. The van der Waals surface area contributed by atoms with Gasteiger partial charge in [0.2, 0.25) is 0 Å². The molecule has 0 aliphatic carbocycles.